The number of aromatic nitrogens is 2. The number of halogens is 1. The first-order chi connectivity index (χ1) is 12.7. The lowest BCUT2D eigenvalue weighted by Crippen LogP contribution is -2.41. The molecule has 2 N–H and O–H groups in total. The Kier molecular flexibility index (Phi) is 6.85. The minimum absolute atomic E-state index is 0.269. The number of nitrogens with zero attached hydrogens (tertiary/aromatic N) is 2. The van der Waals surface area contributed by atoms with Gasteiger partial charge in [-0.25, -0.2) is 4.79 Å². The Balaban J connectivity index is 1.95. The fourth-order valence-corrected chi connectivity index (χ4v) is 2.53. The van der Waals surface area contributed by atoms with Gasteiger partial charge in [-0.1, -0.05) is 23.7 Å². The van der Waals surface area contributed by atoms with Crippen LogP contribution in [-0.2, 0) is 4.74 Å². The van der Waals surface area contributed by atoms with Crippen LogP contribution in [0.15, 0.2) is 30.5 Å². The smallest absolute Gasteiger partial charge is 0.410 e. The van der Waals surface area contributed by atoms with Crippen LogP contribution in [0.5, 0.6) is 0 Å². The molecular formula is C19H25ClN4O3. The maximum absolute atomic E-state index is 12.5. The van der Waals surface area contributed by atoms with Crippen molar-refractivity contribution in [1.29, 1.82) is 0 Å². The molecule has 0 spiro atoms. The lowest BCUT2D eigenvalue weighted by atomic mass is 10.1. The number of aromatic amines is 1. The average molecular weight is 393 g/mol. The van der Waals surface area contributed by atoms with Crippen LogP contribution < -0.4 is 5.32 Å². The van der Waals surface area contributed by atoms with E-state index in [9.17, 15) is 9.59 Å². The van der Waals surface area contributed by atoms with E-state index < -0.39 is 11.7 Å². The summed E-state index contributed by atoms with van der Waals surface area (Å²) in [6.07, 6.45) is 1.08. The van der Waals surface area contributed by atoms with Gasteiger partial charge in [0, 0.05) is 30.2 Å². The zero-order chi connectivity index (χ0) is 20.0. The Morgan fingerprint density at radius 1 is 1.26 bits per heavy atom. The van der Waals surface area contributed by atoms with Gasteiger partial charge in [-0.05, 0) is 39.8 Å². The van der Waals surface area contributed by atoms with E-state index in [-0.39, 0.29) is 5.91 Å². The monoisotopic (exact) mass is 392 g/mol. The van der Waals surface area contributed by atoms with Gasteiger partial charge >= 0.3 is 6.09 Å². The number of amides is 2. The number of nitrogens with one attached hydrogen (secondary N) is 2. The van der Waals surface area contributed by atoms with Crippen LogP contribution in [0, 0.1) is 0 Å². The lowest BCUT2D eigenvalue weighted by molar-refractivity contribution is 0.0261. The molecule has 2 amide bonds. The third kappa shape index (κ3) is 5.99. The van der Waals surface area contributed by atoms with Crippen molar-refractivity contribution in [2.45, 2.75) is 33.3 Å². The highest BCUT2D eigenvalue weighted by Crippen LogP contribution is 2.22. The van der Waals surface area contributed by atoms with Crippen molar-refractivity contribution in [1.82, 2.24) is 20.4 Å². The maximum Gasteiger partial charge on any atom is 0.410 e. The van der Waals surface area contributed by atoms with Crippen molar-refractivity contribution in [3.05, 3.63) is 41.0 Å². The predicted octanol–water partition coefficient (Wildman–Crippen LogP) is 3.72. The number of H-pyrrole nitrogens is 1. The third-order valence-corrected chi connectivity index (χ3v) is 3.97. The largest absolute Gasteiger partial charge is 0.444 e. The molecule has 0 saturated heterocycles. The Hall–Kier alpha value is -2.54. The number of hydrogen-bond acceptors (Lipinski definition) is 4. The molecule has 146 valence electrons. The van der Waals surface area contributed by atoms with Crippen LogP contribution in [0.4, 0.5) is 4.79 Å². The molecular weight excluding hydrogens is 368 g/mol. The van der Waals surface area contributed by atoms with E-state index in [0.29, 0.717) is 35.9 Å². The SMILES string of the molecule is CCN(CCNC(=O)c1cn[nH]c1-c1ccc(Cl)cc1)C(=O)OC(C)(C)C. The normalized spacial score (nSPS) is 11.1. The number of ether oxygens (including phenoxy) is 1. The molecule has 7 nitrogen and oxygen atoms in total. The molecule has 1 heterocycles. The van der Waals surface area contributed by atoms with Crippen LogP contribution in [0.3, 0.4) is 0 Å². The number of hydrogen-bond donors (Lipinski definition) is 2. The number of carbonyl (C=O) groups is 2. The Morgan fingerprint density at radius 2 is 1.93 bits per heavy atom. The fourth-order valence-electron chi connectivity index (χ4n) is 2.40. The second-order valence-electron chi connectivity index (χ2n) is 6.98. The van der Waals surface area contributed by atoms with Crippen LogP contribution in [0.2, 0.25) is 5.02 Å². The zero-order valence-electron chi connectivity index (χ0n) is 16.0. The van der Waals surface area contributed by atoms with Crippen molar-refractivity contribution in [2.75, 3.05) is 19.6 Å². The van der Waals surface area contributed by atoms with E-state index in [1.54, 1.807) is 17.0 Å². The second kappa shape index (κ2) is 8.90. The molecule has 0 aliphatic carbocycles. The summed E-state index contributed by atoms with van der Waals surface area (Å²) >= 11 is 5.91. The van der Waals surface area contributed by atoms with Gasteiger partial charge in [0.2, 0.25) is 0 Å². The standard InChI is InChI=1S/C19H25ClN4O3/c1-5-24(18(26)27-19(2,3)4)11-10-21-17(25)15-12-22-23-16(15)13-6-8-14(20)9-7-13/h6-9,12H,5,10-11H2,1-4H3,(H,21,25)(H,22,23). The number of benzene rings is 1. The van der Waals surface area contributed by atoms with Crippen molar-refractivity contribution in [3.8, 4) is 11.3 Å². The summed E-state index contributed by atoms with van der Waals surface area (Å²) in [5.74, 6) is -0.269. The summed E-state index contributed by atoms with van der Waals surface area (Å²) in [5.41, 5.74) is 1.30. The highest BCUT2D eigenvalue weighted by molar-refractivity contribution is 6.30. The molecule has 8 heteroatoms. The van der Waals surface area contributed by atoms with E-state index >= 15 is 0 Å². The molecule has 0 saturated carbocycles. The average Bonchev–Trinajstić information content (AvgIpc) is 3.07. The Labute approximate surface area is 164 Å². The molecule has 0 unspecified atom stereocenters. The molecule has 2 aromatic rings. The molecule has 27 heavy (non-hydrogen) atoms. The van der Waals surface area contributed by atoms with Crippen LogP contribution in [0.1, 0.15) is 38.1 Å². The van der Waals surface area contributed by atoms with Gasteiger partial charge in [0.05, 0.1) is 17.5 Å². The highest BCUT2D eigenvalue weighted by atomic mass is 35.5. The van der Waals surface area contributed by atoms with E-state index in [1.165, 1.54) is 6.20 Å². The quantitative estimate of drug-likeness (QED) is 0.784. The number of rotatable bonds is 6. The van der Waals surface area contributed by atoms with Crippen LogP contribution >= 0.6 is 11.6 Å². The second-order valence-corrected chi connectivity index (χ2v) is 7.42. The summed E-state index contributed by atoms with van der Waals surface area (Å²) in [4.78, 5) is 26.2. The zero-order valence-corrected chi connectivity index (χ0v) is 16.8. The van der Waals surface area contributed by atoms with Gasteiger partial charge in [0.15, 0.2) is 0 Å². The molecule has 1 aromatic carbocycles. The highest BCUT2D eigenvalue weighted by Gasteiger charge is 2.21. The third-order valence-electron chi connectivity index (χ3n) is 3.72. The van der Waals surface area contributed by atoms with Gasteiger partial charge in [-0.15, -0.1) is 0 Å². The molecule has 1 aromatic heterocycles. The van der Waals surface area contributed by atoms with Crippen molar-refractivity contribution >= 4 is 23.6 Å². The Bertz CT molecular complexity index is 781. The summed E-state index contributed by atoms with van der Waals surface area (Å²) in [6, 6.07) is 7.13. The Morgan fingerprint density at radius 3 is 2.52 bits per heavy atom. The summed E-state index contributed by atoms with van der Waals surface area (Å²) in [7, 11) is 0. The minimum atomic E-state index is -0.558. The van der Waals surface area contributed by atoms with Crippen LogP contribution in [-0.4, -0.2) is 52.3 Å². The van der Waals surface area contributed by atoms with Crippen LogP contribution in [0.25, 0.3) is 11.3 Å². The molecule has 0 atom stereocenters. The van der Waals surface area contributed by atoms with Gasteiger partial charge in [0.1, 0.15) is 5.60 Å². The van der Waals surface area contributed by atoms with Crippen molar-refractivity contribution in [2.24, 2.45) is 0 Å². The topological polar surface area (TPSA) is 87.3 Å². The molecule has 2 rings (SSSR count). The van der Waals surface area contributed by atoms with E-state index in [0.717, 1.165) is 5.56 Å². The molecule has 0 fully saturated rings. The van der Waals surface area contributed by atoms with Crippen molar-refractivity contribution < 1.29 is 14.3 Å². The van der Waals surface area contributed by atoms with Gasteiger partial charge in [0.25, 0.3) is 5.91 Å². The van der Waals surface area contributed by atoms with E-state index in [4.69, 9.17) is 16.3 Å². The van der Waals surface area contributed by atoms with Gasteiger partial charge in [-0.2, -0.15) is 5.10 Å². The molecule has 0 aliphatic heterocycles. The fraction of sp³-hybridized carbons (Fsp3) is 0.421. The summed E-state index contributed by atoms with van der Waals surface area (Å²) < 4.78 is 5.36. The molecule has 0 bridgehead atoms. The molecule has 0 radical (unpaired) electrons. The first-order valence-corrected chi connectivity index (χ1v) is 9.14. The van der Waals surface area contributed by atoms with Gasteiger partial charge in [-0.3, -0.25) is 9.89 Å². The van der Waals surface area contributed by atoms with E-state index in [1.807, 2.05) is 39.8 Å². The molecule has 0 aliphatic rings. The first kappa shape index (κ1) is 20.8. The minimum Gasteiger partial charge on any atom is -0.444 e. The maximum atomic E-state index is 12.5. The number of carbonyl (C=O) groups excluding carboxylic acids is 2. The summed E-state index contributed by atoms with van der Waals surface area (Å²) in [5, 5.41) is 10.2. The van der Waals surface area contributed by atoms with Gasteiger partial charge < -0.3 is 15.0 Å². The number of likely N-dealkylation sites (N-methyl/N-ethyl adjacent to an activating group) is 1. The summed E-state index contributed by atoms with van der Waals surface area (Å²) in [6.45, 7) is 8.46. The predicted molar refractivity (Wildman–Crippen MR) is 105 cm³/mol. The van der Waals surface area contributed by atoms with E-state index in [2.05, 4.69) is 15.5 Å². The van der Waals surface area contributed by atoms with Crippen molar-refractivity contribution in [3.63, 3.8) is 0 Å². The lowest BCUT2D eigenvalue weighted by Gasteiger charge is -2.26. The first-order valence-electron chi connectivity index (χ1n) is 8.76.